The fraction of sp³-hybridized carbons (Fsp3) is 0.250. The molecule has 1 aromatic rings. The van der Waals surface area contributed by atoms with Crippen LogP contribution in [-0.2, 0) is 4.74 Å². The van der Waals surface area contributed by atoms with Gasteiger partial charge < -0.3 is 4.74 Å². The zero-order valence-corrected chi connectivity index (χ0v) is 11.7. The van der Waals surface area contributed by atoms with Gasteiger partial charge in [-0.3, -0.25) is 4.79 Å². The molecule has 2 nitrogen and oxygen atoms in total. The highest BCUT2D eigenvalue weighted by Crippen LogP contribution is 2.25. The summed E-state index contributed by atoms with van der Waals surface area (Å²) in [6, 6.07) is 5.53. The first kappa shape index (κ1) is 11.9. The molecule has 0 aliphatic carbocycles. The monoisotopic (exact) mass is 344 g/mol. The van der Waals surface area contributed by atoms with E-state index in [2.05, 4.69) is 31.9 Å². The van der Waals surface area contributed by atoms with Crippen LogP contribution in [0.1, 0.15) is 23.2 Å². The van der Waals surface area contributed by atoms with Crippen LogP contribution in [0.5, 0.6) is 0 Å². The molecule has 0 amide bonds. The van der Waals surface area contributed by atoms with Crippen molar-refractivity contribution in [3.8, 4) is 0 Å². The number of rotatable bonds is 2. The molecule has 0 aromatic heterocycles. The average Bonchev–Trinajstić information content (AvgIpc) is 2.32. The van der Waals surface area contributed by atoms with Gasteiger partial charge in [0, 0.05) is 14.5 Å². The van der Waals surface area contributed by atoms with Crippen LogP contribution < -0.4 is 0 Å². The molecule has 1 aliphatic heterocycles. The van der Waals surface area contributed by atoms with Crippen molar-refractivity contribution in [1.29, 1.82) is 0 Å². The van der Waals surface area contributed by atoms with Crippen LogP contribution in [0.2, 0.25) is 0 Å². The second-order valence-electron chi connectivity index (χ2n) is 3.51. The maximum absolute atomic E-state index is 12.1. The molecule has 0 bridgehead atoms. The Morgan fingerprint density at radius 3 is 2.81 bits per heavy atom. The van der Waals surface area contributed by atoms with E-state index in [0.717, 1.165) is 21.8 Å². The summed E-state index contributed by atoms with van der Waals surface area (Å²) in [5.41, 5.74) is 0.627. The van der Waals surface area contributed by atoms with Gasteiger partial charge in [-0.05, 0) is 37.1 Å². The molecular weight excluding hydrogens is 336 g/mol. The largest absolute Gasteiger partial charge is 0.490 e. The second-order valence-corrected chi connectivity index (χ2v) is 5.28. The number of allylic oxidation sites excluding steroid dienone is 2. The fourth-order valence-electron chi connectivity index (χ4n) is 1.52. The van der Waals surface area contributed by atoms with Crippen LogP contribution in [0.25, 0.3) is 0 Å². The number of Topliss-reactive ketones (excluding diaryl/α,β-unsaturated/α-hetero) is 1. The van der Waals surface area contributed by atoms with E-state index in [1.165, 1.54) is 0 Å². The van der Waals surface area contributed by atoms with Crippen molar-refractivity contribution in [3.63, 3.8) is 0 Å². The third-order valence-corrected chi connectivity index (χ3v) is 3.52. The summed E-state index contributed by atoms with van der Waals surface area (Å²) in [6.45, 7) is 0.628. The predicted octanol–water partition coefficient (Wildman–Crippen LogP) is 4.09. The molecule has 0 atom stereocenters. The Kier molecular flexibility index (Phi) is 3.82. The van der Waals surface area contributed by atoms with Gasteiger partial charge in [0.05, 0.1) is 6.61 Å². The van der Waals surface area contributed by atoms with Gasteiger partial charge >= 0.3 is 0 Å². The Bertz CT molecular complexity index is 452. The molecule has 0 N–H and O–H groups in total. The molecule has 0 saturated heterocycles. The topological polar surface area (TPSA) is 26.3 Å². The normalized spacial score (nSPS) is 15.2. The molecule has 0 saturated carbocycles. The van der Waals surface area contributed by atoms with E-state index in [1.54, 1.807) is 6.07 Å². The third kappa shape index (κ3) is 2.55. The van der Waals surface area contributed by atoms with Crippen LogP contribution in [0.3, 0.4) is 0 Å². The van der Waals surface area contributed by atoms with E-state index in [0.29, 0.717) is 17.9 Å². The third-order valence-electron chi connectivity index (χ3n) is 2.33. The second kappa shape index (κ2) is 5.15. The van der Waals surface area contributed by atoms with Crippen molar-refractivity contribution in [1.82, 2.24) is 0 Å². The smallest absolute Gasteiger partial charge is 0.228 e. The van der Waals surface area contributed by atoms with E-state index in [4.69, 9.17) is 4.74 Å². The Balaban J connectivity index is 2.33. The van der Waals surface area contributed by atoms with Crippen LogP contribution in [0.4, 0.5) is 0 Å². The Morgan fingerprint density at radius 1 is 1.31 bits per heavy atom. The minimum absolute atomic E-state index is 0.0622. The Morgan fingerprint density at radius 2 is 2.12 bits per heavy atom. The highest BCUT2D eigenvalue weighted by molar-refractivity contribution is 9.11. The van der Waals surface area contributed by atoms with Crippen LogP contribution in [-0.4, -0.2) is 12.4 Å². The minimum Gasteiger partial charge on any atom is -0.490 e. The van der Waals surface area contributed by atoms with Crippen molar-refractivity contribution < 1.29 is 9.53 Å². The lowest BCUT2D eigenvalue weighted by Gasteiger charge is -2.14. The van der Waals surface area contributed by atoms with Gasteiger partial charge in [0.1, 0.15) is 0 Å². The highest BCUT2D eigenvalue weighted by Gasteiger charge is 2.18. The molecule has 1 aliphatic rings. The SMILES string of the molecule is O=C(C1=CCCCO1)c1cc(Br)ccc1Br. The fourth-order valence-corrected chi connectivity index (χ4v) is 2.31. The van der Waals surface area contributed by atoms with E-state index < -0.39 is 0 Å². The number of hydrogen-bond acceptors (Lipinski definition) is 2. The average molecular weight is 346 g/mol. The number of halogens is 2. The van der Waals surface area contributed by atoms with E-state index >= 15 is 0 Å². The maximum atomic E-state index is 12.1. The standard InChI is InChI=1S/C12H10Br2O2/c13-8-4-5-10(14)9(7-8)12(15)11-3-1-2-6-16-11/h3-5,7H,1-2,6H2. The summed E-state index contributed by atoms with van der Waals surface area (Å²) in [4.78, 5) is 12.1. The summed E-state index contributed by atoms with van der Waals surface area (Å²) in [7, 11) is 0. The molecular formula is C12H10Br2O2. The van der Waals surface area contributed by atoms with Gasteiger partial charge in [-0.15, -0.1) is 0 Å². The van der Waals surface area contributed by atoms with Crippen molar-refractivity contribution in [2.75, 3.05) is 6.61 Å². The summed E-state index contributed by atoms with van der Waals surface area (Å²) in [5.74, 6) is 0.401. The number of ether oxygens (including phenoxy) is 1. The van der Waals surface area contributed by atoms with Gasteiger partial charge in [0.15, 0.2) is 5.76 Å². The van der Waals surface area contributed by atoms with Gasteiger partial charge in [-0.25, -0.2) is 0 Å². The molecule has 0 radical (unpaired) electrons. The summed E-state index contributed by atoms with van der Waals surface area (Å²) >= 11 is 6.73. The number of hydrogen-bond donors (Lipinski definition) is 0. The lowest BCUT2D eigenvalue weighted by molar-refractivity contribution is 0.0898. The number of carbonyl (C=O) groups excluding carboxylic acids is 1. The van der Waals surface area contributed by atoms with Crippen molar-refractivity contribution in [2.24, 2.45) is 0 Å². The van der Waals surface area contributed by atoms with Gasteiger partial charge in [0.2, 0.25) is 5.78 Å². The minimum atomic E-state index is -0.0622. The lowest BCUT2D eigenvalue weighted by atomic mass is 10.1. The van der Waals surface area contributed by atoms with Crippen molar-refractivity contribution >= 4 is 37.6 Å². The van der Waals surface area contributed by atoms with E-state index in [1.807, 2.05) is 18.2 Å². The van der Waals surface area contributed by atoms with Gasteiger partial charge in [0.25, 0.3) is 0 Å². The van der Waals surface area contributed by atoms with Gasteiger partial charge in [-0.1, -0.05) is 31.9 Å². The lowest BCUT2D eigenvalue weighted by Crippen LogP contribution is -2.11. The first-order chi connectivity index (χ1) is 7.68. The predicted molar refractivity (Wildman–Crippen MR) is 69.4 cm³/mol. The molecule has 2 rings (SSSR count). The summed E-state index contributed by atoms with van der Waals surface area (Å²) < 4.78 is 7.04. The molecule has 84 valence electrons. The first-order valence-electron chi connectivity index (χ1n) is 5.01. The Labute approximate surface area is 111 Å². The van der Waals surface area contributed by atoms with Crippen LogP contribution in [0.15, 0.2) is 39.0 Å². The molecule has 0 unspecified atom stereocenters. The van der Waals surface area contributed by atoms with Crippen LogP contribution >= 0.6 is 31.9 Å². The molecule has 0 spiro atoms. The zero-order chi connectivity index (χ0) is 11.5. The quantitative estimate of drug-likeness (QED) is 0.754. The van der Waals surface area contributed by atoms with Crippen molar-refractivity contribution in [3.05, 3.63) is 44.5 Å². The molecule has 0 fully saturated rings. The molecule has 1 heterocycles. The van der Waals surface area contributed by atoms with Crippen molar-refractivity contribution in [2.45, 2.75) is 12.8 Å². The molecule has 1 aromatic carbocycles. The molecule has 16 heavy (non-hydrogen) atoms. The first-order valence-corrected chi connectivity index (χ1v) is 6.60. The summed E-state index contributed by atoms with van der Waals surface area (Å²) in [6.07, 6.45) is 3.75. The molecule has 4 heteroatoms. The van der Waals surface area contributed by atoms with E-state index in [-0.39, 0.29) is 5.78 Å². The van der Waals surface area contributed by atoms with Crippen LogP contribution in [0, 0.1) is 0 Å². The number of benzene rings is 1. The summed E-state index contributed by atoms with van der Waals surface area (Å²) in [5, 5.41) is 0. The zero-order valence-electron chi connectivity index (χ0n) is 8.50. The van der Waals surface area contributed by atoms with E-state index in [9.17, 15) is 4.79 Å². The Hall–Kier alpha value is -0.610. The maximum Gasteiger partial charge on any atom is 0.228 e. The number of ketones is 1. The highest BCUT2D eigenvalue weighted by atomic mass is 79.9. The van der Waals surface area contributed by atoms with Gasteiger partial charge in [-0.2, -0.15) is 0 Å². The number of carbonyl (C=O) groups is 1.